The zero-order valence-corrected chi connectivity index (χ0v) is 18.9. The van der Waals surface area contributed by atoms with E-state index in [1.165, 1.54) is 6.33 Å². The molecule has 8 nitrogen and oxygen atoms in total. The Morgan fingerprint density at radius 3 is 2.61 bits per heavy atom. The predicted molar refractivity (Wildman–Crippen MR) is 126 cm³/mol. The van der Waals surface area contributed by atoms with Crippen molar-refractivity contribution in [1.29, 1.82) is 0 Å². The lowest BCUT2D eigenvalue weighted by Gasteiger charge is -2.36. The van der Waals surface area contributed by atoms with Gasteiger partial charge < -0.3 is 14.5 Å². The largest absolute Gasteiger partial charge is 0.488 e. The lowest BCUT2D eigenvalue weighted by Crippen LogP contribution is -2.49. The van der Waals surface area contributed by atoms with E-state index in [0.29, 0.717) is 54.9 Å². The molecule has 1 aliphatic heterocycles. The van der Waals surface area contributed by atoms with Crippen LogP contribution in [0, 0.1) is 6.92 Å². The first kappa shape index (κ1) is 21.2. The quantitative estimate of drug-likeness (QED) is 0.451. The van der Waals surface area contributed by atoms with E-state index >= 15 is 0 Å². The second-order valence-electron chi connectivity index (χ2n) is 7.92. The fourth-order valence-corrected chi connectivity index (χ4v) is 4.08. The minimum Gasteiger partial charge on any atom is -0.488 e. The van der Waals surface area contributed by atoms with E-state index in [1.54, 1.807) is 4.52 Å². The number of halogens is 1. The number of para-hydroxylation sites is 1. The molecule has 9 heteroatoms. The van der Waals surface area contributed by atoms with Gasteiger partial charge >= 0.3 is 0 Å². The summed E-state index contributed by atoms with van der Waals surface area (Å²) in [6, 6.07) is 16.9. The molecule has 2 aromatic heterocycles. The number of ether oxygens (including phenoxy) is 1. The van der Waals surface area contributed by atoms with Crippen molar-refractivity contribution in [1.82, 2.24) is 24.5 Å². The number of aromatic nitrogens is 4. The van der Waals surface area contributed by atoms with Gasteiger partial charge in [0.2, 0.25) is 0 Å². The van der Waals surface area contributed by atoms with Crippen molar-refractivity contribution in [2.24, 2.45) is 0 Å². The molecule has 2 aromatic carbocycles. The van der Waals surface area contributed by atoms with Crippen molar-refractivity contribution >= 4 is 29.1 Å². The van der Waals surface area contributed by atoms with Gasteiger partial charge in [-0.1, -0.05) is 35.9 Å². The molecule has 168 valence electrons. The van der Waals surface area contributed by atoms with Gasteiger partial charge in [-0.3, -0.25) is 4.79 Å². The van der Waals surface area contributed by atoms with Crippen molar-refractivity contribution < 1.29 is 9.53 Å². The third kappa shape index (κ3) is 4.47. The summed E-state index contributed by atoms with van der Waals surface area (Å²) < 4.78 is 7.73. The Morgan fingerprint density at radius 1 is 1.06 bits per heavy atom. The number of nitrogens with zero attached hydrogens (tertiary/aromatic N) is 6. The van der Waals surface area contributed by atoms with Crippen LogP contribution in [0.15, 0.2) is 60.9 Å². The van der Waals surface area contributed by atoms with Crippen molar-refractivity contribution in [2.45, 2.75) is 13.5 Å². The van der Waals surface area contributed by atoms with Crippen LogP contribution in [0.2, 0.25) is 5.02 Å². The molecule has 33 heavy (non-hydrogen) atoms. The van der Waals surface area contributed by atoms with Crippen molar-refractivity contribution in [2.75, 3.05) is 31.1 Å². The maximum Gasteiger partial charge on any atom is 0.257 e. The maximum atomic E-state index is 13.3. The summed E-state index contributed by atoms with van der Waals surface area (Å²) >= 11 is 5.96. The zero-order chi connectivity index (χ0) is 22.8. The number of aryl methyl sites for hydroxylation is 1. The Labute approximate surface area is 196 Å². The number of hydrogen-bond acceptors (Lipinski definition) is 6. The molecule has 0 N–H and O–H groups in total. The van der Waals surface area contributed by atoms with Crippen LogP contribution in [0.1, 0.15) is 21.6 Å². The van der Waals surface area contributed by atoms with Gasteiger partial charge in [0.05, 0.1) is 5.56 Å². The number of hydrogen-bond donors (Lipinski definition) is 0. The number of fused-ring (bicyclic) bond motifs is 1. The van der Waals surface area contributed by atoms with Gasteiger partial charge in [-0.05, 0) is 36.8 Å². The second kappa shape index (κ2) is 9.07. The molecule has 1 fully saturated rings. The molecule has 0 bridgehead atoms. The molecular weight excluding hydrogens is 440 g/mol. The van der Waals surface area contributed by atoms with E-state index in [0.717, 1.165) is 17.1 Å². The Kier molecular flexibility index (Phi) is 5.83. The molecule has 0 unspecified atom stereocenters. The molecule has 1 saturated heterocycles. The highest BCUT2D eigenvalue weighted by molar-refractivity contribution is 6.30. The molecule has 4 aromatic rings. The second-order valence-corrected chi connectivity index (χ2v) is 8.35. The van der Waals surface area contributed by atoms with Crippen molar-refractivity contribution in [3.8, 4) is 5.75 Å². The minimum absolute atomic E-state index is 0.0295. The third-order valence-electron chi connectivity index (χ3n) is 5.68. The Bertz CT molecular complexity index is 1280. The molecule has 0 saturated carbocycles. The first-order valence-corrected chi connectivity index (χ1v) is 11.1. The Morgan fingerprint density at radius 2 is 1.82 bits per heavy atom. The Hall–Kier alpha value is -3.65. The Balaban J connectivity index is 1.27. The average molecular weight is 463 g/mol. The summed E-state index contributed by atoms with van der Waals surface area (Å²) in [5.41, 5.74) is 2.44. The molecule has 0 aliphatic carbocycles. The summed E-state index contributed by atoms with van der Waals surface area (Å²) in [4.78, 5) is 26.0. The summed E-state index contributed by atoms with van der Waals surface area (Å²) in [7, 11) is 0. The van der Waals surface area contributed by atoms with Gasteiger partial charge in [-0.25, -0.2) is 4.98 Å². The highest BCUT2D eigenvalue weighted by atomic mass is 35.5. The van der Waals surface area contributed by atoms with Gasteiger partial charge in [0, 0.05) is 43.0 Å². The van der Waals surface area contributed by atoms with Crippen LogP contribution >= 0.6 is 11.6 Å². The van der Waals surface area contributed by atoms with E-state index in [9.17, 15) is 4.79 Å². The lowest BCUT2D eigenvalue weighted by atomic mass is 10.1. The highest BCUT2D eigenvalue weighted by Crippen LogP contribution is 2.24. The van der Waals surface area contributed by atoms with Crippen LogP contribution in [-0.2, 0) is 6.61 Å². The van der Waals surface area contributed by atoms with E-state index in [2.05, 4.69) is 20.0 Å². The summed E-state index contributed by atoms with van der Waals surface area (Å²) in [6.45, 7) is 4.89. The van der Waals surface area contributed by atoms with Crippen LogP contribution in [0.4, 0.5) is 5.82 Å². The topological polar surface area (TPSA) is 75.9 Å². The summed E-state index contributed by atoms with van der Waals surface area (Å²) in [6.07, 6.45) is 1.51. The highest BCUT2D eigenvalue weighted by Gasteiger charge is 2.26. The standard InChI is InChI=1S/C24H23ClN6O2/c1-17-14-22(31-24(28-17)26-16-27-31)29-10-12-30(13-11-29)23(32)20-4-2-3-5-21(20)33-15-18-6-8-19(25)9-7-18/h2-9,14,16H,10-13,15H2,1H3. The SMILES string of the molecule is Cc1cc(N2CCN(C(=O)c3ccccc3OCc3ccc(Cl)cc3)CC2)n2ncnc2n1. The number of piperazine rings is 1. The van der Waals surface area contributed by atoms with Gasteiger partial charge in [-0.15, -0.1) is 0 Å². The van der Waals surface area contributed by atoms with Crippen LogP contribution in [0.5, 0.6) is 5.75 Å². The number of amides is 1. The maximum absolute atomic E-state index is 13.3. The van der Waals surface area contributed by atoms with Gasteiger partial charge in [0.15, 0.2) is 0 Å². The number of benzene rings is 2. The molecule has 0 radical (unpaired) electrons. The summed E-state index contributed by atoms with van der Waals surface area (Å²) in [5.74, 6) is 2.07. The van der Waals surface area contributed by atoms with Crippen LogP contribution in [-0.4, -0.2) is 56.6 Å². The van der Waals surface area contributed by atoms with E-state index in [4.69, 9.17) is 16.3 Å². The number of carbonyl (C=O) groups is 1. The third-order valence-corrected chi connectivity index (χ3v) is 5.93. The van der Waals surface area contributed by atoms with Crippen molar-refractivity contribution in [3.05, 3.63) is 82.8 Å². The summed E-state index contributed by atoms with van der Waals surface area (Å²) in [5, 5.41) is 4.98. The fourth-order valence-electron chi connectivity index (χ4n) is 3.96. The molecule has 1 amide bonds. The monoisotopic (exact) mass is 462 g/mol. The average Bonchev–Trinajstić information content (AvgIpc) is 3.31. The van der Waals surface area contributed by atoms with Gasteiger partial charge in [0.1, 0.15) is 24.5 Å². The minimum atomic E-state index is -0.0295. The van der Waals surface area contributed by atoms with Gasteiger partial charge in [0.25, 0.3) is 11.7 Å². The fraction of sp³-hybridized carbons (Fsp3) is 0.250. The number of rotatable bonds is 5. The normalized spacial score (nSPS) is 14.0. The number of anilines is 1. The predicted octanol–water partition coefficient (Wildman–Crippen LogP) is 3.63. The lowest BCUT2D eigenvalue weighted by molar-refractivity contribution is 0.0741. The first-order valence-electron chi connectivity index (χ1n) is 10.8. The molecule has 0 spiro atoms. The molecule has 0 atom stereocenters. The van der Waals surface area contributed by atoms with Gasteiger partial charge in [-0.2, -0.15) is 14.6 Å². The number of carbonyl (C=O) groups excluding carboxylic acids is 1. The molecule has 3 heterocycles. The van der Waals surface area contributed by atoms with E-state index < -0.39 is 0 Å². The van der Waals surface area contributed by atoms with E-state index in [1.807, 2.05) is 66.4 Å². The van der Waals surface area contributed by atoms with Crippen LogP contribution in [0.3, 0.4) is 0 Å². The van der Waals surface area contributed by atoms with Crippen LogP contribution < -0.4 is 9.64 Å². The van der Waals surface area contributed by atoms with Crippen LogP contribution in [0.25, 0.3) is 5.78 Å². The zero-order valence-electron chi connectivity index (χ0n) is 18.2. The molecule has 5 rings (SSSR count). The molecule has 1 aliphatic rings. The smallest absolute Gasteiger partial charge is 0.257 e. The van der Waals surface area contributed by atoms with E-state index in [-0.39, 0.29) is 5.91 Å². The molecular formula is C24H23ClN6O2. The van der Waals surface area contributed by atoms with Crippen molar-refractivity contribution in [3.63, 3.8) is 0 Å². The first-order chi connectivity index (χ1) is 16.1.